The maximum Gasteiger partial charge on any atom is 0.324 e. The number of nitrogens with one attached hydrogen (secondary N) is 1. The molecule has 0 bridgehead atoms. The Morgan fingerprint density at radius 1 is 1.22 bits per heavy atom. The fourth-order valence-corrected chi connectivity index (χ4v) is 4.50. The summed E-state index contributed by atoms with van der Waals surface area (Å²) in [6.45, 7) is 2.33. The van der Waals surface area contributed by atoms with Crippen molar-refractivity contribution in [1.29, 1.82) is 0 Å². The largest absolute Gasteiger partial charge is 0.454 e. The van der Waals surface area contributed by atoms with Crippen LogP contribution < -0.4 is 5.32 Å². The molecule has 1 atom stereocenters. The highest BCUT2D eigenvalue weighted by Gasteiger charge is 2.38. The number of piperidine rings is 1. The normalized spacial score (nSPS) is 18.1. The van der Waals surface area contributed by atoms with E-state index in [2.05, 4.69) is 5.32 Å². The van der Waals surface area contributed by atoms with Crippen LogP contribution in [-0.2, 0) is 29.1 Å². The molecular weight excluding hydrogens is 372 g/mol. The molecular formula is C18H26N2O6S. The Morgan fingerprint density at radius 2 is 1.93 bits per heavy atom. The number of hydrogen-bond donors (Lipinski definition) is 1. The van der Waals surface area contributed by atoms with Crippen LogP contribution in [0, 0.1) is 6.92 Å². The lowest BCUT2D eigenvalue weighted by Crippen LogP contribution is -2.49. The Morgan fingerprint density at radius 3 is 2.59 bits per heavy atom. The van der Waals surface area contributed by atoms with Crippen LogP contribution in [0.15, 0.2) is 29.2 Å². The predicted molar refractivity (Wildman–Crippen MR) is 98.6 cm³/mol. The Hall–Kier alpha value is -1.97. The summed E-state index contributed by atoms with van der Waals surface area (Å²) in [5.74, 6) is -1.16. The van der Waals surface area contributed by atoms with Crippen molar-refractivity contribution >= 4 is 21.9 Å². The second kappa shape index (κ2) is 9.82. The molecule has 1 N–H and O–H groups in total. The Kier molecular flexibility index (Phi) is 7.76. The van der Waals surface area contributed by atoms with E-state index in [9.17, 15) is 18.0 Å². The molecule has 1 saturated heterocycles. The van der Waals surface area contributed by atoms with Crippen molar-refractivity contribution in [2.75, 3.05) is 33.4 Å². The summed E-state index contributed by atoms with van der Waals surface area (Å²) >= 11 is 0. The summed E-state index contributed by atoms with van der Waals surface area (Å²) in [5, 5.41) is 2.54. The third kappa shape index (κ3) is 5.75. The Bertz CT molecular complexity index is 748. The van der Waals surface area contributed by atoms with E-state index in [-0.39, 0.29) is 11.4 Å². The Balaban J connectivity index is 2.04. The van der Waals surface area contributed by atoms with Gasteiger partial charge in [-0.3, -0.25) is 9.59 Å². The van der Waals surface area contributed by atoms with Crippen LogP contribution in [-0.4, -0.2) is 64.1 Å². The summed E-state index contributed by atoms with van der Waals surface area (Å²) in [6.07, 6.45) is 1.77. The molecule has 0 spiro atoms. The number of sulfonamides is 1. The van der Waals surface area contributed by atoms with Crippen LogP contribution in [0.5, 0.6) is 0 Å². The first-order chi connectivity index (χ1) is 12.9. The number of methoxy groups -OCH3 is 1. The van der Waals surface area contributed by atoms with Gasteiger partial charge in [0.05, 0.1) is 11.5 Å². The number of carbonyl (C=O) groups excluding carboxylic acids is 2. The molecule has 1 aliphatic rings. The van der Waals surface area contributed by atoms with Crippen LogP contribution in [0.1, 0.15) is 24.8 Å². The molecule has 1 aromatic rings. The van der Waals surface area contributed by atoms with Crippen molar-refractivity contribution in [2.45, 2.75) is 37.1 Å². The second-order valence-electron chi connectivity index (χ2n) is 6.39. The van der Waals surface area contributed by atoms with Gasteiger partial charge in [-0.1, -0.05) is 17.7 Å². The van der Waals surface area contributed by atoms with Crippen molar-refractivity contribution in [2.24, 2.45) is 0 Å². The lowest BCUT2D eigenvalue weighted by atomic mass is 10.1. The highest BCUT2D eigenvalue weighted by atomic mass is 32.2. The number of benzene rings is 1. The number of esters is 1. The molecule has 0 aromatic heterocycles. The van der Waals surface area contributed by atoms with Gasteiger partial charge in [0.15, 0.2) is 6.61 Å². The maximum atomic E-state index is 13.0. The van der Waals surface area contributed by atoms with E-state index in [1.165, 1.54) is 23.5 Å². The van der Waals surface area contributed by atoms with Gasteiger partial charge in [-0.05, 0) is 38.3 Å². The number of amides is 1. The van der Waals surface area contributed by atoms with Crippen LogP contribution >= 0.6 is 0 Å². The van der Waals surface area contributed by atoms with Crippen LogP contribution in [0.3, 0.4) is 0 Å². The summed E-state index contributed by atoms with van der Waals surface area (Å²) in [6, 6.07) is 5.58. The second-order valence-corrected chi connectivity index (χ2v) is 8.28. The summed E-state index contributed by atoms with van der Waals surface area (Å²) in [4.78, 5) is 24.2. The van der Waals surface area contributed by atoms with E-state index in [1.807, 2.05) is 6.92 Å². The lowest BCUT2D eigenvalue weighted by molar-refractivity contribution is -0.153. The molecule has 0 aliphatic carbocycles. The van der Waals surface area contributed by atoms with Crippen LogP contribution in [0.2, 0.25) is 0 Å². The number of aryl methyl sites for hydroxylation is 1. The van der Waals surface area contributed by atoms with Gasteiger partial charge in [0, 0.05) is 20.2 Å². The van der Waals surface area contributed by atoms with Crippen molar-refractivity contribution in [3.63, 3.8) is 0 Å². The summed E-state index contributed by atoms with van der Waals surface area (Å²) in [7, 11) is -2.30. The van der Waals surface area contributed by atoms with Crippen molar-refractivity contribution < 1.29 is 27.5 Å². The summed E-state index contributed by atoms with van der Waals surface area (Å²) in [5.41, 5.74) is 0.947. The first-order valence-electron chi connectivity index (χ1n) is 8.87. The SMILES string of the molecule is COCCNC(=O)COC(=O)[C@H]1CCCCN1S(=O)(=O)c1ccc(C)cc1. The molecule has 1 amide bonds. The molecule has 1 aromatic carbocycles. The first kappa shape index (κ1) is 21.3. The third-order valence-corrected chi connectivity index (χ3v) is 6.25. The minimum absolute atomic E-state index is 0.144. The average molecular weight is 398 g/mol. The molecule has 27 heavy (non-hydrogen) atoms. The van der Waals surface area contributed by atoms with E-state index in [1.54, 1.807) is 12.1 Å². The van der Waals surface area contributed by atoms with Gasteiger partial charge in [0.1, 0.15) is 6.04 Å². The topological polar surface area (TPSA) is 102 Å². The zero-order valence-corrected chi connectivity index (χ0v) is 16.5. The highest BCUT2D eigenvalue weighted by molar-refractivity contribution is 7.89. The average Bonchev–Trinajstić information content (AvgIpc) is 2.66. The van der Waals surface area contributed by atoms with Crippen molar-refractivity contribution in [3.8, 4) is 0 Å². The molecule has 0 saturated carbocycles. The van der Waals surface area contributed by atoms with Crippen LogP contribution in [0.4, 0.5) is 0 Å². The van der Waals surface area contributed by atoms with Gasteiger partial charge in [-0.15, -0.1) is 0 Å². The minimum Gasteiger partial charge on any atom is -0.454 e. The first-order valence-corrected chi connectivity index (χ1v) is 10.3. The molecule has 1 fully saturated rings. The van der Waals surface area contributed by atoms with E-state index < -0.39 is 34.5 Å². The number of carbonyl (C=O) groups is 2. The fourth-order valence-electron chi connectivity index (χ4n) is 2.85. The molecule has 150 valence electrons. The number of rotatable bonds is 8. The zero-order chi connectivity index (χ0) is 19.9. The number of nitrogens with zero attached hydrogens (tertiary/aromatic N) is 1. The highest BCUT2D eigenvalue weighted by Crippen LogP contribution is 2.26. The quantitative estimate of drug-likeness (QED) is 0.514. The minimum atomic E-state index is -3.81. The predicted octanol–water partition coefficient (Wildman–Crippen LogP) is 0.844. The van der Waals surface area contributed by atoms with Crippen LogP contribution in [0.25, 0.3) is 0 Å². The summed E-state index contributed by atoms with van der Waals surface area (Å²) < 4.78 is 37.0. The third-order valence-electron chi connectivity index (χ3n) is 4.33. The zero-order valence-electron chi connectivity index (χ0n) is 15.6. The van der Waals surface area contributed by atoms with E-state index >= 15 is 0 Å². The molecule has 0 unspecified atom stereocenters. The fraction of sp³-hybridized carbons (Fsp3) is 0.556. The smallest absolute Gasteiger partial charge is 0.324 e. The molecule has 0 radical (unpaired) electrons. The molecule has 1 heterocycles. The van der Waals surface area contributed by atoms with Gasteiger partial charge < -0.3 is 14.8 Å². The Labute approximate surface area is 159 Å². The van der Waals surface area contributed by atoms with Gasteiger partial charge in [0.25, 0.3) is 5.91 Å². The van der Waals surface area contributed by atoms with E-state index in [0.29, 0.717) is 26.0 Å². The molecule has 1 aliphatic heterocycles. The van der Waals surface area contributed by atoms with Crippen molar-refractivity contribution in [1.82, 2.24) is 9.62 Å². The monoisotopic (exact) mass is 398 g/mol. The van der Waals surface area contributed by atoms with Gasteiger partial charge in [-0.2, -0.15) is 4.31 Å². The number of hydrogen-bond acceptors (Lipinski definition) is 6. The van der Waals surface area contributed by atoms with Gasteiger partial charge >= 0.3 is 5.97 Å². The maximum absolute atomic E-state index is 13.0. The lowest BCUT2D eigenvalue weighted by Gasteiger charge is -2.33. The van der Waals surface area contributed by atoms with Gasteiger partial charge in [-0.25, -0.2) is 8.42 Å². The standard InChI is InChI=1S/C18H26N2O6S/c1-14-6-8-15(9-7-14)27(23,24)20-11-4-3-5-16(20)18(22)26-13-17(21)19-10-12-25-2/h6-9,16H,3-5,10-13H2,1-2H3,(H,19,21)/t16-/m1/s1. The molecule has 9 heteroatoms. The van der Waals surface area contributed by atoms with E-state index in [0.717, 1.165) is 12.0 Å². The molecule has 2 rings (SSSR count). The molecule has 8 nitrogen and oxygen atoms in total. The number of ether oxygens (including phenoxy) is 2. The van der Waals surface area contributed by atoms with Gasteiger partial charge in [0.2, 0.25) is 10.0 Å². The van der Waals surface area contributed by atoms with E-state index in [4.69, 9.17) is 9.47 Å². The van der Waals surface area contributed by atoms with Crippen molar-refractivity contribution in [3.05, 3.63) is 29.8 Å².